The van der Waals surface area contributed by atoms with Crippen LogP contribution in [0.5, 0.6) is 0 Å². The van der Waals surface area contributed by atoms with E-state index in [0.29, 0.717) is 19.4 Å². The monoisotopic (exact) mass is 252 g/mol. The third kappa shape index (κ3) is 2.48. The Bertz CT molecular complexity index is 353. The second-order valence-corrected chi connectivity index (χ2v) is 4.72. The van der Waals surface area contributed by atoms with Gasteiger partial charge in [0.2, 0.25) is 5.91 Å². The number of nitrogens with one attached hydrogen (secondary N) is 1. The second kappa shape index (κ2) is 6.14. The summed E-state index contributed by atoms with van der Waals surface area (Å²) in [6.07, 6.45) is 2.71. The maximum absolute atomic E-state index is 12.5. The molecule has 18 heavy (non-hydrogen) atoms. The molecule has 0 bridgehead atoms. The Morgan fingerprint density at radius 2 is 1.67 bits per heavy atom. The van der Waals surface area contributed by atoms with Gasteiger partial charge in [0.25, 0.3) is 0 Å². The largest absolute Gasteiger partial charge is 0.331 e. The fourth-order valence-electron chi connectivity index (χ4n) is 2.46. The molecule has 0 spiro atoms. The molecule has 1 aliphatic heterocycles. The summed E-state index contributed by atoms with van der Waals surface area (Å²) >= 11 is 0. The fraction of sp³-hybridized carbons (Fsp3) is 0.714. The molecule has 0 unspecified atom stereocenters. The number of carbonyl (C=O) groups excluding carboxylic acids is 2. The lowest BCUT2D eigenvalue weighted by atomic mass is 9.73. The van der Waals surface area contributed by atoms with Crippen molar-refractivity contribution in [1.29, 1.82) is 0 Å². The molecule has 0 aliphatic carbocycles. The van der Waals surface area contributed by atoms with Gasteiger partial charge in [0, 0.05) is 18.3 Å². The van der Waals surface area contributed by atoms with Gasteiger partial charge >= 0.3 is 0 Å². The van der Waals surface area contributed by atoms with Gasteiger partial charge in [-0.25, -0.2) is 0 Å². The van der Waals surface area contributed by atoms with E-state index in [4.69, 9.17) is 0 Å². The van der Waals surface area contributed by atoms with Crippen molar-refractivity contribution in [2.24, 2.45) is 5.41 Å². The molecule has 4 heteroatoms. The van der Waals surface area contributed by atoms with Crippen LogP contribution in [0.3, 0.4) is 0 Å². The minimum Gasteiger partial charge on any atom is -0.331 e. The highest BCUT2D eigenvalue weighted by molar-refractivity contribution is 6.16. The molecule has 1 amide bonds. The Hall–Kier alpha value is -1.16. The van der Waals surface area contributed by atoms with Crippen LogP contribution in [0.25, 0.3) is 0 Å². The highest BCUT2D eigenvalue weighted by Gasteiger charge is 2.45. The summed E-state index contributed by atoms with van der Waals surface area (Å²) in [4.78, 5) is 26.7. The molecule has 0 aromatic rings. The molecular formula is C14H24N2O2. The standard InChI is InChI=1S/C14H24N2O2/c1-5-14(6-2)12(17)11(9-15-13(14)18)10-16(7-3)8-4/h9H,5-8,10H2,1-4H3,(H,15,18). The van der Waals surface area contributed by atoms with Crippen LogP contribution in [0.15, 0.2) is 11.8 Å². The van der Waals surface area contributed by atoms with Gasteiger partial charge in [-0.05, 0) is 25.9 Å². The van der Waals surface area contributed by atoms with Gasteiger partial charge in [-0.3, -0.25) is 14.5 Å². The van der Waals surface area contributed by atoms with Crippen molar-refractivity contribution >= 4 is 11.7 Å². The molecule has 4 nitrogen and oxygen atoms in total. The number of likely N-dealkylation sites (N-methyl/N-ethyl adjacent to an activating group) is 1. The van der Waals surface area contributed by atoms with Crippen molar-refractivity contribution in [2.45, 2.75) is 40.5 Å². The number of ketones is 1. The molecule has 102 valence electrons. The topological polar surface area (TPSA) is 49.4 Å². The minimum absolute atomic E-state index is 0.00292. The van der Waals surface area contributed by atoms with Crippen molar-refractivity contribution in [2.75, 3.05) is 19.6 Å². The Balaban J connectivity index is 2.96. The fourth-order valence-corrected chi connectivity index (χ4v) is 2.46. The van der Waals surface area contributed by atoms with E-state index in [1.165, 1.54) is 0 Å². The minimum atomic E-state index is -0.850. The maximum Gasteiger partial charge on any atom is 0.237 e. The Morgan fingerprint density at radius 3 is 2.11 bits per heavy atom. The van der Waals surface area contributed by atoms with Gasteiger partial charge in [-0.15, -0.1) is 0 Å². The number of hydrogen-bond donors (Lipinski definition) is 1. The summed E-state index contributed by atoms with van der Waals surface area (Å²) in [5, 5.41) is 2.76. The lowest BCUT2D eigenvalue weighted by Crippen LogP contribution is -2.50. The predicted octanol–water partition coefficient (Wildman–Crippen LogP) is 1.72. The van der Waals surface area contributed by atoms with Crippen LogP contribution in [0, 0.1) is 5.41 Å². The molecule has 0 aromatic heterocycles. The van der Waals surface area contributed by atoms with Gasteiger partial charge in [0.05, 0.1) is 0 Å². The molecule has 1 rings (SSSR count). The Kier molecular flexibility index (Phi) is 5.08. The van der Waals surface area contributed by atoms with E-state index < -0.39 is 5.41 Å². The van der Waals surface area contributed by atoms with Gasteiger partial charge in [-0.2, -0.15) is 0 Å². The van der Waals surface area contributed by atoms with E-state index >= 15 is 0 Å². The SMILES string of the molecule is CCN(CC)CC1=CNC(=O)C(CC)(CC)C1=O. The van der Waals surface area contributed by atoms with Gasteiger partial charge in [0.1, 0.15) is 5.41 Å². The number of rotatable bonds is 6. The van der Waals surface area contributed by atoms with Crippen molar-refractivity contribution in [3.05, 3.63) is 11.8 Å². The molecule has 0 aromatic carbocycles. The van der Waals surface area contributed by atoms with Crippen molar-refractivity contribution in [1.82, 2.24) is 10.2 Å². The zero-order valence-electron chi connectivity index (χ0n) is 11.9. The molecule has 0 saturated heterocycles. The van der Waals surface area contributed by atoms with Crippen LogP contribution in [0.4, 0.5) is 0 Å². The Morgan fingerprint density at radius 1 is 1.11 bits per heavy atom. The maximum atomic E-state index is 12.5. The molecule has 0 saturated carbocycles. The highest BCUT2D eigenvalue weighted by Crippen LogP contribution is 2.33. The van der Waals surface area contributed by atoms with Gasteiger partial charge in [-0.1, -0.05) is 27.7 Å². The second-order valence-electron chi connectivity index (χ2n) is 4.72. The van der Waals surface area contributed by atoms with Crippen molar-refractivity contribution in [3.8, 4) is 0 Å². The van der Waals surface area contributed by atoms with Gasteiger partial charge < -0.3 is 5.32 Å². The summed E-state index contributed by atoms with van der Waals surface area (Å²) in [5.74, 6) is -0.149. The van der Waals surface area contributed by atoms with Crippen LogP contribution in [0.1, 0.15) is 40.5 Å². The first kappa shape index (κ1) is 14.9. The average molecular weight is 252 g/mol. The quantitative estimate of drug-likeness (QED) is 0.732. The summed E-state index contributed by atoms with van der Waals surface area (Å²) < 4.78 is 0. The molecule has 0 fully saturated rings. The van der Waals surface area contributed by atoms with E-state index in [-0.39, 0.29) is 11.7 Å². The molecule has 1 heterocycles. The van der Waals surface area contributed by atoms with E-state index in [9.17, 15) is 9.59 Å². The van der Waals surface area contributed by atoms with Crippen LogP contribution in [-0.4, -0.2) is 36.2 Å². The van der Waals surface area contributed by atoms with E-state index in [1.807, 2.05) is 13.8 Å². The van der Waals surface area contributed by atoms with E-state index in [2.05, 4.69) is 24.1 Å². The number of Topliss-reactive ketones (excluding diaryl/α,β-unsaturated/α-hetero) is 1. The first-order valence-electron chi connectivity index (χ1n) is 6.82. The zero-order valence-corrected chi connectivity index (χ0v) is 11.9. The predicted molar refractivity (Wildman–Crippen MR) is 72.0 cm³/mol. The third-order valence-electron chi connectivity index (χ3n) is 4.03. The van der Waals surface area contributed by atoms with E-state index in [0.717, 1.165) is 18.7 Å². The first-order chi connectivity index (χ1) is 8.55. The molecule has 1 N–H and O–H groups in total. The summed E-state index contributed by atoms with van der Waals surface area (Å²) in [6.45, 7) is 10.4. The molecule has 0 radical (unpaired) electrons. The van der Waals surface area contributed by atoms with Gasteiger partial charge in [0.15, 0.2) is 5.78 Å². The molecular weight excluding hydrogens is 228 g/mol. The number of nitrogens with zero attached hydrogens (tertiary/aromatic N) is 1. The van der Waals surface area contributed by atoms with Crippen LogP contribution in [0.2, 0.25) is 0 Å². The lowest BCUT2D eigenvalue weighted by Gasteiger charge is -2.34. The van der Waals surface area contributed by atoms with Crippen LogP contribution in [-0.2, 0) is 9.59 Å². The summed E-state index contributed by atoms with van der Waals surface area (Å²) in [6, 6.07) is 0. The van der Waals surface area contributed by atoms with Crippen molar-refractivity contribution < 1.29 is 9.59 Å². The molecule has 1 aliphatic rings. The molecule has 0 atom stereocenters. The van der Waals surface area contributed by atoms with Crippen LogP contribution >= 0.6 is 0 Å². The number of hydrogen-bond acceptors (Lipinski definition) is 3. The van der Waals surface area contributed by atoms with E-state index in [1.54, 1.807) is 6.20 Å². The lowest BCUT2D eigenvalue weighted by molar-refractivity contribution is -0.141. The smallest absolute Gasteiger partial charge is 0.237 e. The number of carbonyl (C=O) groups is 2. The Labute approximate surface area is 109 Å². The van der Waals surface area contributed by atoms with Crippen molar-refractivity contribution in [3.63, 3.8) is 0 Å². The summed E-state index contributed by atoms with van der Waals surface area (Å²) in [7, 11) is 0. The normalized spacial score (nSPS) is 18.8. The van der Waals surface area contributed by atoms with Crippen LogP contribution < -0.4 is 5.32 Å². The zero-order chi connectivity index (χ0) is 13.8. The third-order valence-corrected chi connectivity index (χ3v) is 4.03. The first-order valence-corrected chi connectivity index (χ1v) is 6.82. The highest BCUT2D eigenvalue weighted by atomic mass is 16.2. The summed E-state index contributed by atoms with van der Waals surface area (Å²) in [5.41, 5.74) is -0.126. The number of amides is 1. The average Bonchev–Trinajstić information content (AvgIpc) is 2.40.